The zero-order chi connectivity index (χ0) is 8.69. The second-order valence-electron chi connectivity index (χ2n) is 2.59. The maximum absolute atomic E-state index is 10.5. The van der Waals surface area contributed by atoms with Gasteiger partial charge in [-0.3, -0.25) is 4.79 Å². The third kappa shape index (κ3) is 5.58. The Morgan fingerprint density at radius 2 is 2.27 bits per heavy atom. The molecule has 0 aliphatic carbocycles. The van der Waals surface area contributed by atoms with E-state index >= 15 is 0 Å². The Kier molecular flexibility index (Phi) is 5.43. The van der Waals surface area contributed by atoms with Crippen LogP contribution in [0.1, 0.15) is 33.1 Å². The number of hydrogen-bond acceptors (Lipinski definition) is 2. The van der Waals surface area contributed by atoms with Gasteiger partial charge >= 0.3 is 0 Å². The molecule has 0 unspecified atom stereocenters. The Balaban J connectivity index is 3.57. The van der Waals surface area contributed by atoms with Crippen LogP contribution in [-0.2, 0) is 9.59 Å². The van der Waals surface area contributed by atoms with E-state index in [1.807, 2.05) is 0 Å². The van der Waals surface area contributed by atoms with Crippen LogP contribution in [0.4, 0.5) is 0 Å². The largest absolute Gasteiger partial charge is 0.347 e. The summed E-state index contributed by atoms with van der Waals surface area (Å²) in [5.74, 6) is -0.141. The lowest BCUT2D eigenvalue weighted by Crippen LogP contribution is -2.34. The molecule has 0 heterocycles. The molecule has 0 aromatic carbocycles. The van der Waals surface area contributed by atoms with Crippen molar-refractivity contribution in [1.82, 2.24) is 5.32 Å². The predicted molar refractivity (Wildman–Crippen MR) is 43.2 cm³/mol. The monoisotopic (exact) mass is 157 g/mol. The van der Waals surface area contributed by atoms with Crippen molar-refractivity contribution in [3.63, 3.8) is 0 Å². The van der Waals surface area contributed by atoms with Gasteiger partial charge in [0.25, 0.3) is 0 Å². The van der Waals surface area contributed by atoms with Crippen LogP contribution in [0.3, 0.4) is 0 Å². The molecular weight excluding hydrogens is 142 g/mol. The van der Waals surface area contributed by atoms with Crippen molar-refractivity contribution in [2.75, 3.05) is 0 Å². The number of amides is 1. The lowest BCUT2D eigenvalue weighted by Gasteiger charge is -2.09. The number of carbonyl (C=O) groups is 2. The van der Waals surface area contributed by atoms with Gasteiger partial charge < -0.3 is 10.1 Å². The van der Waals surface area contributed by atoms with E-state index in [9.17, 15) is 9.59 Å². The maximum Gasteiger partial charge on any atom is 0.217 e. The van der Waals surface area contributed by atoms with Crippen molar-refractivity contribution in [2.24, 2.45) is 0 Å². The maximum atomic E-state index is 10.5. The highest BCUT2D eigenvalue weighted by Gasteiger charge is 2.05. The van der Waals surface area contributed by atoms with Crippen molar-refractivity contribution in [3.05, 3.63) is 0 Å². The number of nitrogens with one attached hydrogen (secondary N) is 1. The van der Waals surface area contributed by atoms with Crippen LogP contribution in [0.5, 0.6) is 0 Å². The SMILES string of the molecule is CCCC[C@H](C=O)NC(C)=O. The van der Waals surface area contributed by atoms with Crippen LogP contribution in [0, 0.1) is 0 Å². The summed E-state index contributed by atoms with van der Waals surface area (Å²) < 4.78 is 0. The van der Waals surface area contributed by atoms with E-state index in [2.05, 4.69) is 12.2 Å². The van der Waals surface area contributed by atoms with Gasteiger partial charge in [0.05, 0.1) is 6.04 Å². The molecule has 0 saturated heterocycles. The fourth-order valence-corrected chi connectivity index (χ4v) is 0.859. The summed E-state index contributed by atoms with van der Waals surface area (Å²) in [6, 6.07) is -0.285. The molecule has 3 nitrogen and oxygen atoms in total. The lowest BCUT2D eigenvalue weighted by molar-refractivity contribution is -0.122. The quantitative estimate of drug-likeness (QED) is 0.602. The molecule has 3 heteroatoms. The first kappa shape index (κ1) is 10.1. The summed E-state index contributed by atoms with van der Waals surface area (Å²) in [6.07, 6.45) is 3.56. The second kappa shape index (κ2) is 5.89. The normalized spacial score (nSPS) is 12.2. The van der Waals surface area contributed by atoms with Gasteiger partial charge in [-0.2, -0.15) is 0 Å². The first-order valence-electron chi connectivity index (χ1n) is 3.93. The smallest absolute Gasteiger partial charge is 0.217 e. The van der Waals surface area contributed by atoms with Gasteiger partial charge in [0.2, 0.25) is 5.91 Å². The lowest BCUT2D eigenvalue weighted by atomic mass is 10.1. The van der Waals surface area contributed by atoms with Crippen molar-refractivity contribution in [3.8, 4) is 0 Å². The van der Waals surface area contributed by atoms with E-state index in [1.165, 1.54) is 6.92 Å². The molecule has 0 aromatic heterocycles. The highest BCUT2D eigenvalue weighted by atomic mass is 16.2. The van der Waals surface area contributed by atoms with Crippen LogP contribution >= 0.6 is 0 Å². The Morgan fingerprint density at radius 1 is 1.64 bits per heavy atom. The molecule has 0 bridgehead atoms. The Bertz CT molecular complexity index is 134. The fraction of sp³-hybridized carbons (Fsp3) is 0.750. The minimum Gasteiger partial charge on any atom is -0.347 e. The number of rotatable bonds is 5. The van der Waals surface area contributed by atoms with E-state index in [0.29, 0.717) is 0 Å². The van der Waals surface area contributed by atoms with Crippen molar-refractivity contribution in [1.29, 1.82) is 0 Å². The molecule has 0 spiro atoms. The highest BCUT2D eigenvalue weighted by Crippen LogP contribution is 1.97. The molecule has 0 radical (unpaired) electrons. The first-order chi connectivity index (χ1) is 5.20. The summed E-state index contributed by atoms with van der Waals surface area (Å²) in [5, 5.41) is 2.56. The molecule has 0 aromatic rings. The first-order valence-corrected chi connectivity index (χ1v) is 3.93. The topological polar surface area (TPSA) is 46.2 Å². The van der Waals surface area contributed by atoms with Gasteiger partial charge in [-0.15, -0.1) is 0 Å². The van der Waals surface area contributed by atoms with E-state index < -0.39 is 0 Å². The van der Waals surface area contributed by atoms with Crippen molar-refractivity contribution in [2.45, 2.75) is 39.2 Å². The van der Waals surface area contributed by atoms with Gasteiger partial charge in [0.15, 0.2) is 0 Å². The number of aldehydes is 1. The molecule has 1 atom stereocenters. The van der Waals surface area contributed by atoms with Gasteiger partial charge in [-0.25, -0.2) is 0 Å². The van der Waals surface area contributed by atoms with Crippen LogP contribution in [0.2, 0.25) is 0 Å². The third-order valence-corrected chi connectivity index (χ3v) is 1.42. The molecule has 0 fully saturated rings. The van der Waals surface area contributed by atoms with Crippen molar-refractivity contribution >= 4 is 12.2 Å². The molecule has 1 N–H and O–H groups in total. The van der Waals surface area contributed by atoms with Gasteiger partial charge in [0, 0.05) is 6.92 Å². The summed E-state index contributed by atoms with van der Waals surface area (Å²) >= 11 is 0. The summed E-state index contributed by atoms with van der Waals surface area (Å²) in [7, 11) is 0. The molecule has 0 aliphatic heterocycles. The van der Waals surface area contributed by atoms with E-state index in [-0.39, 0.29) is 11.9 Å². The molecule has 0 aliphatic rings. The van der Waals surface area contributed by atoms with Crippen LogP contribution in [0.15, 0.2) is 0 Å². The Morgan fingerprint density at radius 3 is 2.64 bits per heavy atom. The molecule has 11 heavy (non-hydrogen) atoms. The Hall–Kier alpha value is -0.860. The van der Waals surface area contributed by atoms with Crippen LogP contribution in [-0.4, -0.2) is 18.2 Å². The summed E-state index contributed by atoms with van der Waals surface area (Å²) in [4.78, 5) is 20.8. The Labute approximate surface area is 67.2 Å². The minimum absolute atomic E-state index is 0.141. The second-order valence-corrected chi connectivity index (χ2v) is 2.59. The fourth-order valence-electron chi connectivity index (χ4n) is 0.859. The molecule has 1 amide bonds. The van der Waals surface area contributed by atoms with Gasteiger partial charge in [-0.05, 0) is 6.42 Å². The number of unbranched alkanes of at least 4 members (excludes halogenated alkanes) is 1. The van der Waals surface area contributed by atoms with Crippen molar-refractivity contribution < 1.29 is 9.59 Å². The molecule has 0 rings (SSSR count). The van der Waals surface area contributed by atoms with E-state index in [1.54, 1.807) is 0 Å². The van der Waals surface area contributed by atoms with Gasteiger partial charge in [0.1, 0.15) is 6.29 Å². The van der Waals surface area contributed by atoms with Crippen LogP contribution in [0.25, 0.3) is 0 Å². The molecule has 64 valence electrons. The third-order valence-electron chi connectivity index (χ3n) is 1.42. The minimum atomic E-state index is -0.285. The highest BCUT2D eigenvalue weighted by molar-refractivity contribution is 5.77. The van der Waals surface area contributed by atoms with Crippen LogP contribution < -0.4 is 5.32 Å². The van der Waals surface area contributed by atoms with E-state index in [4.69, 9.17) is 0 Å². The molecular formula is C8H15NO2. The zero-order valence-electron chi connectivity index (χ0n) is 7.09. The number of carbonyl (C=O) groups excluding carboxylic acids is 2. The predicted octanol–water partition coefficient (Wildman–Crippen LogP) is 0.880. The average molecular weight is 157 g/mol. The standard InChI is InChI=1S/C8H15NO2/c1-3-4-5-8(6-10)9-7(2)11/h6,8H,3-5H2,1-2H3,(H,9,11)/t8-/m1/s1. The molecule has 0 saturated carbocycles. The average Bonchev–Trinajstić information content (AvgIpc) is 1.97. The summed E-state index contributed by atoms with van der Waals surface area (Å²) in [5.41, 5.74) is 0. The number of hydrogen-bond donors (Lipinski definition) is 1. The summed E-state index contributed by atoms with van der Waals surface area (Å²) in [6.45, 7) is 3.47. The zero-order valence-corrected chi connectivity index (χ0v) is 7.09. The van der Waals surface area contributed by atoms with E-state index in [0.717, 1.165) is 25.5 Å². The van der Waals surface area contributed by atoms with Gasteiger partial charge in [-0.1, -0.05) is 19.8 Å².